The maximum absolute atomic E-state index is 12.5. The standard InChI is InChI=1S/C15H15ClF3NO2/c16-12-4-2-1-3-9(12)10-5-11(10)13(21)20-8-6-14(22,7-8)15(17,18)19/h1-4,8,10-11,22H,5-7H2,(H,20,21)/t8?,10-,11+,14?/m0/s1. The fourth-order valence-corrected chi connectivity index (χ4v) is 3.28. The van der Waals surface area contributed by atoms with Gasteiger partial charge in [0.1, 0.15) is 0 Å². The topological polar surface area (TPSA) is 49.3 Å². The third-order valence-electron chi connectivity index (χ3n) is 4.47. The maximum Gasteiger partial charge on any atom is 0.417 e. The van der Waals surface area contributed by atoms with Crippen molar-refractivity contribution in [1.82, 2.24) is 5.32 Å². The molecule has 2 saturated carbocycles. The Kier molecular flexibility index (Phi) is 3.64. The first kappa shape index (κ1) is 15.6. The zero-order valence-corrected chi connectivity index (χ0v) is 12.3. The SMILES string of the molecule is O=C(NC1CC(O)(C(F)(F)F)C1)[C@@H]1C[C@H]1c1ccccc1Cl. The van der Waals surface area contributed by atoms with Gasteiger partial charge in [-0.2, -0.15) is 13.2 Å². The molecule has 120 valence electrons. The molecule has 0 radical (unpaired) electrons. The predicted octanol–water partition coefficient (Wildman–Crippen LogP) is 3.02. The molecule has 1 amide bonds. The molecule has 3 nitrogen and oxygen atoms in total. The summed E-state index contributed by atoms with van der Waals surface area (Å²) in [6.07, 6.45) is -4.96. The normalized spacial score (nSPS) is 34.0. The lowest BCUT2D eigenvalue weighted by molar-refractivity contribution is -0.291. The van der Waals surface area contributed by atoms with Crippen LogP contribution in [0.15, 0.2) is 24.3 Å². The molecule has 7 heteroatoms. The van der Waals surface area contributed by atoms with E-state index >= 15 is 0 Å². The molecule has 2 aliphatic rings. The number of alkyl halides is 3. The third kappa shape index (κ3) is 2.70. The van der Waals surface area contributed by atoms with E-state index in [1.807, 2.05) is 12.1 Å². The minimum atomic E-state index is -4.64. The van der Waals surface area contributed by atoms with Crippen LogP contribution >= 0.6 is 11.6 Å². The number of carbonyl (C=O) groups is 1. The molecule has 2 fully saturated rings. The fourth-order valence-electron chi connectivity index (χ4n) is 3.00. The smallest absolute Gasteiger partial charge is 0.380 e. The van der Waals surface area contributed by atoms with Gasteiger partial charge < -0.3 is 10.4 Å². The summed E-state index contributed by atoms with van der Waals surface area (Å²) in [7, 11) is 0. The van der Waals surface area contributed by atoms with Gasteiger partial charge in [-0.3, -0.25) is 4.79 Å². The van der Waals surface area contributed by atoms with Gasteiger partial charge in [0, 0.05) is 29.8 Å². The highest BCUT2D eigenvalue weighted by atomic mass is 35.5. The molecule has 0 aromatic heterocycles. The molecule has 2 N–H and O–H groups in total. The molecule has 2 atom stereocenters. The van der Waals surface area contributed by atoms with Gasteiger partial charge in [-0.05, 0) is 24.0 Å². The third-order valence-corrected chi connectivity index (χ3v) is 4.82. The van der Waals surface area contributed by atoms with Crippen molar-refractivity contribution in [3.05, 3.63) is 34.9 Å². The number of rotatable bonds is 3. The van der Waals surface area contributed by atoms with Crippen LogP contribution in [0, 0.1) is 5.92 Å². The number of benzene rings is 1. The summed E-state index contributed by atoms with van der Waals surface area (Å²) in [5, 5.41) is 12.5. The molecule has 0 heterocycles. The van der Waals surface area contributed by atoms with Crippen LogP contribution < -0.4 is 5.32 Å². The lowest BCUT2D eigenvalue weighted by Crippen LogP contribution is -2.62. The van der Waals surface area contributed by atoms with Crippen LogP contribution in [0.4, 0.5) is 13.2 Å². The Morgan fingerprint density at radius 1 is 1.32 bits per heavy atom. The molecule has 3 rings (SSSR count). The highest BCUT2D eigenvalue weighted by molar-refractivity contribution is 6.31. The van der Waals surface area contributed by atoms with Crippen molar-refractivity contribution in [2.45, 2.75) is 43.0 Å². The van der Waals surface area contributed by atoms with Gasteiger partial charge in [-0.25, -0.2) is 0 Å². The van der Waals surface area contributed by atoms with Crippen LogP contribution in [0.2, 0.25) is 5.02 Å². The van der Waals surface area contributed by atoms with E-state index in [0.717, 1.165) is 5.56 Å². The highest BCUT2D eigenvalue weighted by Crippen LogP contribution is 2.50. The van der Waals surface area contributed by atoms with Gasteiger partial charge in [0.25, 0.3) is 0 Å². The van der Waals surface area contributed by atoms with Gasteiger partial charge in [0.2, 0.25) is 5.91 Å². The fraction of sp³-hybridized carbons (Fsp3) is 0.533. The van der Waals surface area contributed by atoms with Gasteiger partial charge in [0.05, 0.1) is 0 Å². The lowest BCUT2D eigenvalue weighted by atomic mass is 9.75. The van der Waals surface area contributed by atoms with Crippen LogP contribution in [0.3, 0.4) is 0 Å². The molecule has 0 bridgehead atoms. The Hall–Kier alpha value is -1.27. The summed E-state index contributed by atoms with van der Waals surface area (Å²) in [5.41, 5.74) is -1.76. The van der Waals surface area contributed by atoms with Crippen molar-refractivity contribution >= 4 is 17.5 Å². The van der Waals surface area contributed by atoms with E-state index in [-0.39, 0.29) is 17.7 Å². The Labute approximate surface area is 130 Å². The zero-order chi connectivity index (χ0) is 16.1. The van der Waals surface area contributed by atoms with Crippen molar-refractivity contribution < 1.29 is 23.1 Å². The highest BCUT2D eigenvalue weighted by Gasteiger charge is 2.61. The average molecular weight is 334 g/mol. The van der Waals surface area contributed by atoms with Crippen LogP contribution in [-0.4, -0.2) is 28.8 Å². The molecular formula is C15H15ClF3NO2. The second-order valence-corrected chi connectivity index (χ2v) is 6.52. The van der Waals surface area contributed by atoms with E-state index < -0.39 is 30.7 Å². The van der Waals surface area contributed by atoms with Crippen LogP contribution in [0.5, 0.6) is 0 Å². The van der Waals surface area contributed by atoms with Crippen molar-refractivity contribution in [3.8, 4) is 0 Å². The van der Waals surface area contributed by atoms with Crippen LogP contribution in [0.25, 0.3) is 0 Å². The molecule has 1 aromatic rings. The van der Waals surface area contributed by atoms with E-state index in [4.69, 9.17) is 11.6 Å². The monoisotopic (exact) mass is 333 g/mol. The number of amides is 1. The second kappa shape index (κ2) is 5.13. The Morgan fingerprint density at radius 2 is 1.95 bits per heavy atom. The van der Waals surface area contributed by atoms with Crippen LogP contribution in [0.1, 0.15) is 30.7 Å². The average Bonchev–Trinajstić information content (AvgIpc) is 3.16. The second-order valence-electron chi connectivity index (χ2n) is 6.11. The largest absolute Gasteiger partial charge is 0.417 e. The van der Waals surface area contributed by atoms with Gasteiger partial charge in [-0.1, -0.05) is 29.8 Å². The summed E-state index contributed by atoms with van der Waals surface area (Å²) < 4.78 is 37.6. The van der Waals surface area contributed by atoms with Crippen molar-refractivity contribution in [3.63, 3.8) is 0 Å². The van der Waals surface area contributed by atoms with Crippen LogP contribution in [-0.2, 0) is 4.79 Å². The molecule has 0 spiro atoms. The number of hydrogen-bond acceptors (Lipinski definition) is 2. The number of carbonyl (C=O) groups excluding carboxylic acids is 1. The summed E-state index contributed by atoms with van der Waals surface area (Å²) in [6, 6.07) is 6.62. The van der Waals surface area contributed by atoms with Crippen molar-refractivity contribution in [2.24, 2.45) is 5.92 Å². The van der Waals surface area contributed by atoms with Gasteiger partial charge in [-0.15, -0.1) is 0 Å². The molecule has 22 heavy (non-hydrogen) atoms. The summed E-state index contributed by atoms with van der Waals surface area (Å²) >= 11 is 6.07. The molecule has 0 aliphatic heterocycles. The zero-order valence-electron chi connectivity index (χ0n) is 11.5. The van der Waals surface area contributed by atoms with E-state index in [0.29, 0.717) is 11.4 Å². The van der Waals surface area contributed by atoms with E-state index in [1.165, 1.54) is 0 Å². The molecule has 1 aromatic carbocycles. The molecule has 2 aliphatic carbocycles. The number of hydrogen-bond donors (Lipinski definition) is 2. The predicted molar refractivity (Wildman–Crippen MR) is 74.5 cm³/mol. The molecule has 0 saturated heterocycles. The Morgan fingerprint density at radius 3 is 2.55 bits per heavy atom. The number of nitrogens with one attached hydrogen (secondary N) is 1. The summed E-state index contributed by atoms with van der Waals surface area (Å²) in [5.74, 6) is -0.492. The first-order chi connectivity index (χ1) is 10.2. The summed E-state index contributed by atoms with van der Waals surface area (Å²) in [6.45, 7) is 0. The number of aliphatic hydroxyl groups is 1. The van der Waals surface area contributed by atoms with Gasteiger partial charge >= 0.3 is 6.18 Å². The molecule has 0 unspecified atom stereocenters. The van der Waals surface area contributed by atoms with E-state index in [9.17, 15) is 23.1 Å². The van der Waals surface area contributed by atoms with E-state index in [2.05, 4.69) is 5.32 Å². The van der Waals surface area contributed by atoms with E-state index in [1.54, 1.807) is 12.1 Å². The minimum absolute atomic E-state index is 0.0234. The first-order valence-electron chi connectivity index (χ1n) is 7.05. The maximum atomic E-state index is 12.5. The van der Waals surface area contributed by atoms with Crippen molar-refractivity contribution in [2.75, 3.05) is 0 Å². The van der Waals surface area contributed by atoms with Crippen molar-refractivity contribution in [1.29, 1.82) is 0 Å². The minimum Gasteiger partial charge on any atom is -0.380 e. The molecular weight excluding hydrogens is 319 g/mol. The summed E-state index contributed by atoms with van der Waals surface area (Å²) in [4.78, 5) is 12.0. The quantitative estimate of drug-likeness (QED) is 0.893. The first-order valence-corrected chi connectivity index (χ1v) is 7.43. The lowest BCUT2D eigenvalue weighted by Gasteiger charge is -2.44. The Balaban J connectivity index is 1.53. The number of halogens is 4. The van der Waals surface area contributed by atoms with Gasteiger partial charge in [0.15, 0.2) is 5.60 Å². The Bertz CT molecular complexity index is 599.